The summed E-state index contributed by atoms with van der Waals surface area (Å²) in [5, 5.41) is 2.53. The van der Waals surface area contributed by atoms with Gasteiger partial charge in [0.1, 0.15) is 12.6 Å². The summed E-state index contributed by atoms with van der Waals surface area (Å²) in [5.41, 5.74) is 0.904. The minimum absolute atomic E-state index is 0.241. The molecule has 0 aliphatic heterocycles. The van der Waals surface area contributed by atoms with E-state index < -0.39 is 12.0 Å². The average molecular weight is 263 g/mol. The minimum atomic E-state index is -0.778. The number of carbonyl (C=O) groups excluding carboxylic acids is 3. The molecule has 5 nitrogen and oxygen atoms in total. The molecule has 1 N–H and O–H groups in total. The first-order valence-electron chi connectivity index (χ1n) is 5.96. The van der Waals surface area contributed by atoms with Gasteiger partial charge >= 0.3 is 5.97 Å². The van der Waals surface area contributed by atoms with Crippen LogP contribution in [0, 0.1) is 0 Å². The van der Waals surface area contributed by atoms with E-state index in [2.05, 4.69) is 5.32 Å². The van der Waals surface area contributed by atoms with Crippen LogP contribution in [0.15, 0.2) is 30.3 Å². The molecule has 1 rings (SSSR count). The van der Waals surface area contributed by atoms with Crippen molar-refractivity contribution in [2.24, 2.45) is 0 Å². The van der Waals surface area contributed by atoms with Crippen LogP contribution >= 0.6 is 0 Å². The van der Waals surface area contributed by atoms with Gasteiger partial charge in [-0.3, -0.25) is 9.59 Å². The molecule has 0 radical (unpaired) electrons. The van der Waals surface area contributed by atoms with Crippen LogP contribution in [0.3, 0.4) is 0 Å². The van der Waals surface area contributed by atoms with Gasteiger partial charge < -0.3 is 10.1 Å². The van der Waals surface area contributed by atoms with Crippen molar-refractivity contribution in [2.75, 3.05) is 6.61 Å². The van der Waals surface area contributed by atoms with Gasteiger partial charge in [0, 0.05) is 13.3 Å². The fourth-order valence-corrected chi connectivity index (χ4v) is 1.56. The van der Waals surface area contributed by atoms with E-state index in [1.54, 1.807) is 0 Å². The van der Waals surface area contributed by atoms with Gasteiger partial charge in [0.25, 0.3) is 0 Å². The van der Waals surface area contributed by atoms with E-state index in [1.807, 2.05) is 30.3 Å². The lowest BCUT2D eigenvalue weighted by molar-refractivity contribution is -0.150. The zero-order valence-corrected chi connectivity index (χ0v) is 11.0. The van der Waals surface area contributed by atoms with Gasteiger partial charge in [0.2, 0.25) is 5.91 Å². The summed E-state index contributed by atoms with van der Waals surface area (Å²) in [6.45, 7) is 2.39. The molecule has 0 spiro atoms. The first-order chi connectivity index (χ1) is 8.99. The lowest BCUT2D eigenvalue weighted by atomic mass is 10.1. The summed E-state index contributed by atoms with van der Waals surface area (Å²) in [7, 11) is 0. The first-order valence-corrected chi connectivity index (χ1v) is 5.96. The van der Waals surface area contributed by atoms with E-state index in [-0.39, 0.29) is 18.3 Å². The smallest absolute Gasteiger partial charge is 0.329 e. The normalized spacial score (nSPS) is 11.5. The molecule has 0 aromatic heterocycles. The van der Waals surface area contributed by atoms with Crippen LogP contribution in [-0.2, 0) is 25.5 Å². The molecule has 0 bridgehead atoms. The molecular weight excluding hydrogens is 246 g/mol. The second kappa shape index (κ2) is 7.31. The Morgan fingerprint density at radius 2 is 1.79 bits per heavy atom. The Morgan fingerprint density at radius 1 is 1.16 bits per heavy atom. The van der Waals surface area contributed by atoms with Crippen molar-refractivity contribution >= 4 is 17.7 Å². The Hall–Kier alpha value is -2.17. The van der Waals surface area contributed by atoms with Gasteiger partial charge in [0.15, 0.2) is 5.78 Å². The van der Waals surface area contributed by atoms with Crippen molar-refractivity contribution < 1.29 is 19.1 Å². The molecule has 19 heavy (non-hydrogen) atoms. The lowest BCUT2D eigenvalue weighted by Crippen LogP contribution is -2.42. The van der Waals surface area contributed by atoms with Crippen molar-refractivity contribution in [1.82, 2.24) is 5.32 Å². The lowest BCUT2D eigenvalue weighted by Gasteiger charge is -2.16. The number of Topliss-reactive ketones (excluding diaryl/α,β-unsaturated/α-hetero) is 1. The van der Waals surface area contributed by atoms with Crippen LogP contribution in [0.2, 0.25) is 0 Å². The Labute approximate surface area is 111 Å². The molecule has 0 aliphatic carbocycles. The van der Waals surface area contributed by atoms with E-state index >= 15 is 0 Å². The van der Waals surface area contributed by atoms with E-state index in [0.29, 0.717) is 6.42 Å². The summed E-state index contributed by atoms with van der Waals surface area (Å²) >= 11 is 0. The molecule has 0 saturated carbocycles. The van der Waals surface area contributed by atoms with E-state index in [9.17, 15) is 14.4 Å². The Bertz CT molecular complexity index is 456. The highest BCUT2D eigenvalue weighted by molar-refractivity contribution is 5.85. The molecule has 102 valence electrons. The van der Waals surface area contributed by atoms with E-state index in [1.165, 1.54) is 13.8 Å². The maximum absolute atomic E-state index is 11.8. The van der Waals surface area contributed by atoms with Gasteiger partial charge in [-0.15, -0.1) is 0 Å². The summed E-state index contributed by atoms with van der Waals surface area (Å²) < 4.78 is 4.84. The topological polar surface area (TPSA) is 72.5 Å². The number of hydrogen-bond acceptors (Lipinski definition) is 4. The third kappa shape index (κ3) is 5.81. The van der Waals surface area contributed by atoms with Gasteiger partial charge in [-0.05, 0) is 12.5 Å². The molecule has 0 aliphatic rings. The summed E-state index contributed by atoms with van der Waals surface area (Å²) in [6, 6.07) is 8.49. The van der Waals surface area contributed by atoms with Crippen LogP contribution in [-0.4, -0.2) is 30.3 Å². The molecule has 1 atom stereocenters. The first kappa shape index (κ1) is 14.9. The number of carbonyl (C=O) groups is 3. The number of ketones is 1. The van der Waals surface area contributed by atoms with Gasteiger partial charge in [0.05, 0.1) is 0 Å². The zero-order valence-electron chi connectivity index (χ0n) is 11.0. The summed E-state index contributed by atoms with van der Waals surface area (Å²) in [4.78, 5) is 33.7. The largest absolute Gasteiger partial charge is 0.456 e. The minimum Gasteiger partial charge on any atom is -0.456 e. The standard InChI is InChI=1S/C14H17NO4/c1-10(16)9-19-14(18)13(15-11(2)17)8-12-6-4-3-5-7-12/h3-7,13H,8-9H2,1-2H3,(H,15,17). The highest BCUT2D eigenvalue weighted by Crippen LogP contribution is 2.05. The Morgan fingerprint density at radius 3 is 2.32 bits per heavy atom. The van der Waals surface area contributed by atoms with Crippen molar-refractivity contribution in [3.63, 3.8) is 0 Å². The molecule has 1 aromatic carbocycles. The van der Waals surface area contributed by atoms with Gasteiger partial charge in [-0.25, -0.2) is 4.79 Å². The van der Waals surface area contributed by atoms with Crippen LogP contribution in [0.25, 0.3) is 0 Å². The van der Waals surface area contributed by atoms with Crippen molar-refractivity contribution in [3.8, 4) is 0 Å². The van der Waals surface area contributed by atoms with E-state index in [4.69, 9.17) is 4.74 Å². The molecule has 5 heteroatoms. The number of rotatable bonds is 6. The summed E-state index contributed by atoms with van der Waals surface area (Å²) in [6.07, 6.45) is 0.331. The second-order valence-corrected chi connectivity index (χ2v) is 4.25. The fraction of sp³-hybridized carbons (Fsp3) is 0.357. The highest BCUT2D eigenvalue weighted by Gasteiger charge is 2.21. The highest BCUT2D eigenvalue weighted by atomic mass is 16.5. The van der Waals surface area contributed by atoms with Crippen molar-refractivity contribution in [2.45, 2.75) is 26.3 Å². The second-order valence-electron chi connectivity index (χ2n) is 4.25. The predicted octanol–water partition coefficient (Wildman–Crippen LogP) is 0.866. The summed E-state index contributed by atoms with van der Waals surface area (Å²) in [5.74, 6) is -1.16. The maximum Gasteiger partial charge on any atom is 0.329 e. The molecule has 0 heterocycles. The number of nitrogens with one attached hydrogen (secondary N) is 1. The molecular formula is C14H17NO4. The van der Waals surface area contributed by atoms with Crippen molar-refractivity contribution in [1.29, 1.82) is 0 Å². The Balaban J connectivity index is 2.68. The predicted molar refractivity (Wildman–Crippen MR) is 69.4 cm³/mol. The van der Waals surface area contributed by atoms with E-state index in [0.717, 1.165) is 5.56 Å². The SMILES string of the molecule is CC(=O)COC(=O)C(Cc1ccccc1)NC(C)=O. The molecule has 1 unspecified atom stereocenters. The maximum atomic E-state index is 11.8. The number of ether oxygens (including phenoxy) is 1. The third-order valence-corrected chi connectivity index (χ3v) is 2.36. The van der Waals surface area contributed by atoms with Crippen LogP contribution in [0.4, 0.5) is 0 Å². The molecule has 1 amide bonds. The molecule has 1 aromatic rings. The van der Waals surface area contributed by atoms with Crippen molar-refractivity contribution in [3.05, 3.63) is 35.9 Å². The number of benzene rings is 1. The third-order valence-electron chi connectivity index (χ3n) is 2.36. The van der Waals surface area contributed by atoms with Gasteiger partial charge in [-0.2, -0.15) is 0 Å². The number of amides is 1. The number of esters is 1. The van der Waals surface area contributed by atoms with Crippen LogP contribution < -0.4 is 5.32 Å². The zero-order chi connectivity index (χ0) is 14.3. The number of hydrogen-bond donors (Lipinski definition) is 1. The average Bonchev–Trinajstić information content (AvgIpc) is 2.36. The molecule has 0 saturated heterocycles. The van der Waals surface area contributed by atoms with Gasteiger partial charge in [-0.1, -0.05) is 30.3 Å². The van der Waals surface area contributed by atoms with Crippen LogP contribution in [0.5, 0.6) is 0 Å². The Kier molecular flexibility index (Phi) is 5.73. The molecule has 0 fully saturated rings. The fourth-order valence-electron chi connectivity index (χ4n) is 1.56. The van der Waals surface area contributed by atoms with Crippen LogP contribution in [0.1, 0.15) is 19.4 Å². The quantitative estimate of drug-likeness (QED) is 0.773. The monoisotopic (exact) mass is 263 g/mol.